The number of benzene rings is 1. The standard InChI is InChI=1S/C20H25ClN4O4/c1-23(12-16(26)22-15-9-5-4-8-14(15)21)17(27)13-25-18(28)20(24(2)19(25)29)10-6-3-7-11-20/h4-5,8-9H,3,6-7,10-13H2,1-2H3,(H,22,26). The second kappa shape index (κ2) is 8.41. The molecular weight excluding hydrogens is 396 g/mol. The number of para-hydroxylation sites is 1. The van der Waals surface area contributed by atoms with E-state index in [-0.39, 0.29) is 19.0 Å². The Morgan fingerprint density at radius 2 is 1.83 bits per heavy atom. The van der Waals surface area contributed by atoms with Gasteiger partial charge in [0.2, 0.25) is 11.8 Å². The Morgan fingerprint density at radius 3 is 2.48 bits per heavy atom. The molecule has 0 bridgehead atoms. The van der Waals surface area contributed by atoms with Gasteiger partial charge in [-0.15, -0.1) is 0 Å². The lowest BCUT2D eigenvalue weighted by Gasteiger charge is -2.35. The molecule has 1 N–H and O–H groups in total. The van der Waals surface area contributed by atoms with Crippen LogP contribution in [0.5, 0.6) is 0 Å². The van der Waals surface area contributed by atoms with Crippen molar-refractivity contribution in [1.82, 2.24) is 14.7 Å². The topological polar surface area (TPSA) is 90.0 Å². The van der Waals surface area contributed by atoms with Crippen molar-refractivity contribution in [1.29, 1.82) is 0 Å². The summed E-state index contributed by atoms with van der Waals surface area (Å²) in [5.41, 5.74) is -0.374. The number of urea groups is 1. The van der Waals surface area contributed by atoms with E-state index < -0.39 is 23.4 Å². The Kier molecular flexibility index (Phi) is 6.12. The highest BCUT2D eigenvalue weighted by molar-refractivity contribution is 6.33. The summed E-state index contributed by atoms with van der Waals surface area (Å²) in [4.78, 5) is 54.1. The molecule has 1 heterocycles. The number of carbonyl (C=O) groups excluding carboxylic acids is 4. The van der Waals surface area contributed by atoms with Crippen LogP contribution < -0.4 is 5.32 Å². The van der Waals surface area contributed by atoms with Crippen molar-refractivity contribution in [3.8, 4) is 0 Å². The van der Waals surface area contributed by atoms with E-state index in [1.165, 1.54) is 16.8 Å². The summed E-state index contributed by atoms with van der Waals surface area (Å²) in [7, 11) is 3.08. The Bertz CT molecular complexity index is 838. The van der Waals surface area contributed by atoms with E-state index in [4.69, 9.17) is 11.6 Å². The molecule has 1 saturated heterocycles. The maximum Gasteiger partial charge on any atom is 0.327 e. The van der Waals surface area contributed by atoms with Gasteiger partial charge in [0.1, 0.15) is 12.1 Å². The molecule has 1 spiro atoms. The largest absolute Gasteiger partial charge is 0.335 e. The average molecular weight is 421 g/mol. The molecule has 0 radical (unpaired) electrons. The minimum atomic E-state index is -0.824. The highest BCUT2D eigenvalue weighted by Gasteiger charge is 2.55. The van der Waals surface area contributed by atoms with Crippen LogP contribution in [0, 0.1) is 0 Å². The predicted octanol–water partition coefficient (Wildman–Crippen LogP) is 2.33. The fourth-order valence-electron chi connectivity index (χ4n) is 3.98. The van der Waals surface area contributed by atoms with Gasteiger partial charge >= 0.3 is 6.03 Å². The average Bonchev–Trinajstić information content (AvgIpc) is 2.86. The van der Waals surface area contributed by atoms with Gasteiger partial charge in [-0.05, 0) is 25.0 Å². The molecule has 2 fully saturated rings. The first-order valence-electron chi connectivity index (χ1n) is 9.64. The number of nitrogens with one attached hydrogen (secondary N) is 1. The van der Waals surface area contributed by atoms with Gasteiger partial charge in [0.25, 0.3) is 5.91 Å². The molecule has 1 aliphatic carbocycles. The number of anilines is 1. The van der Waals surface area contributed by atoms with Crippen LogP contribution in [-0.2, 0) is 14.4 Å². The molecule has 8 nitrogen and oxygen atoms in total. The van der Waals surface area contributed by atoms with E-state index in [1.807, 2.05) is 0 Å². The van der Waals surface area contributed by atoms with Crippen molar-refractivity contribution in [3.63, 3.8) is 0 Å². The molecule has 156 valence electrons. The number of amides is 5. The zero-order chi connectivity index (χ0) is 21.2. The minimum absolute atomic E-state index is 0.221. The Hall–Kier alpha value is -2.61. The highest BCUT2D eigenvalue weighted by Crippen LogP contribution is 2.39. The van der Waals surface area contributed by atoms with Crippen LogP contribution in [0.2, 0.25) is 5.02 Å². The molecule has 1 aromatic carbocycles. The monoisotopic (exact) mass is 420 g/mol. The molecule has 3 rings (SSSR count). The molecule has 5 amide bonds. The quantitative estimate of drug-likeness (QED) is 0.740. The lowest BCUT2D eigenvalue weighted by atomic mass is 9.81. The minimum Gasteiger partial charge on any atom is -0.335 e. The van der Waals surface area contributed by atoms with Gasteiger partial charge < -0.3 is 15.1 Å². The van der Waals surface area contributed by atoms with E-state index in [0.29, 0.717) is 23.6 Å². The normalized spacial score (nSPS) is 18.3. The number of carbonyl (C=O) groups is 4. The van der Waals surface area contributed by atoms with Gasteiger partial charge in [0.15, 0.2) is 0 Å². The number of hydrogen-bond acceptors (Lipinski definition) is 4. The van der Waals surface area contributed by atoms with Crippen LogP contribution >= 0.6 is 11.6 Å². The molecular formula is C20H25ClN4O4. The molecule has 1 aromatic rings. The molecule has 2 aliphatic rings. The molecule has 9 heteroatoms. The number of halogens is 1. The summed E-state index contributed by atoms with van der Waals surface area (Å²) in [5.74, 6) is -1.22. The first-order valence-corrected chi connectivity index (χ1v) is 10.0. The lowest BCUT2D eigenvalue weighted by Crippen LogP contribution is -2.49. The van der Waals surface area contributed by atoms with Crippen LogP contribution in [0.3, 0.4) is 0 Å². The summed E-state index contributed by atoms with van der Waals surface area (Å²) in [6, 6.07) is 6.32. The van der Waals surface area contributed by atoms with Crippen LogP contribution in [0.1, 0.15) is 32.1 Å². The van der Waals surface area contributed by atoms with Crippen molar-refractivity contribution in [2.45, 2.75) is 37.6 Å². The Labute approximate surface area is 174 Å². The molecule has 0 aromatic heterocycles. The smallest absolute Gasteiger partial charge is 0.327 e. The van der Waals surface area contributed by atoms with E-state index >= 15 is 0 Å². The summed E-state index contributed by atoms with van der Waals surface area (Å²) >= 11 is 6.02. The molecule has 1 aliphatic heterocycles. The Balaban J connectivity index is 1.60. The first kappa shape index (κ1) is 21.1. The first-order chi connectivity index (χ1) is 13.8. The van der Waals surface area contributed by atoms with Gasteiger partial charge in [-0.25, -0.2) is 4.79 Å². The van der Waals surface area contributed by atoms with Gasteiger partial charge in [-0.3, -0.25) is 19.3 Å². The fourth-order valence-corrected chi connectivity index (χ4v) is 4.17. The van der Waals surface area contributed by atoms with E-state index in [9.17, 15) is 19.2 Å². The summed E-state index contributed by atoms with van der Waals surface area (Å²) in [5, 5.41) is 3.03. The van der Waals surface area contributed by atoms with Crippen molar-refractivity contribution in [2.24, 2.45) is 0 Å². The van der Waals surface area contributed by atoms with Gasteiger partial charge in [-0.1, -0.05) is 43.0 Å². The summed E-state index contributed by atoms with van der Waals surface area (Å²) in [6.45, 7) is -0.596. The van der Waals surface area contributed by atoms with Gasteiger partial charge in [0, 0.05) is 14.1 Å². The summed E-state index contributed by atoms with van der Waals surface area (Å²) in [6.07, 6.45) is 4.05. The molecule has 1 saturated carbocycles. The van der Waals surface area contributed by atoms with Crippen molar-refractivity contribution in [3.05, 3.63) is 29.3 Å². The van der Waals surface area contributed by atoms with Crippen molar-refractivity contribution >= 4 is 41.0 Å². The van der Waals surface area contributed by atoms with Gasteiger partial charge in [-0.2, -0.15) is 0 Å². The lowest BCUT2D eigenvalue weighted by molar-refractivity contribution is -0.140. The zero-order valence-corrected chi connectivity index (χ0v) is 17.4. The van der Waals surface area contributed by atoms with Crippen LogP contribution in [-0.4, -0.2) is 71.2 Å². The van der Waals surface area contributed by atoms with Crippen molar-refractivity contribution in [2.75, 3.05) is 32.5 Å². The second-order valence-electron chi connectivity index (χ2n) is 7.60. The highest BCUT2D eigenvalue weighted by atomic mass is 35.5. The maximum absolute atomic E-state index is 13.0. The van der Waals surface area contributed by atoms with E-state index in [1.54, 1.807) is 31.3 Å². The number of rotatable bonds is 5. The fraction of sp³-hybridized carbons (Fsp3) is 0.500. The predicted molar refractivity (Wildman–Crippen MR) is 108 cm³/mol. The van der Waals surface area contributed by atoms with E-state index in [0.717, 1.165) is 24.2 Å². The summed E-state index contributed by atoms with van der Waals surface area (Å²) < 4.78 is 0. The number of imide groups is 1. The van der Waals surface area contributed by atoms with Crippen molar-refractivity contribution < 1.29 is 19.2 Å². The van der Waals surface area contributed by atoms with Crippen LogP contribution in [0.25, 0.3) is 0 Å². The number of hydrogen-bond donors (Lipinski definition) is 1. The molecule has 0 unspecified atom stereocenters. The number of nitrogens with zero attached hydrogens (tertiary/aromatic N) is 3. The molecule has 29 heavy (non-hydrogen) atoms. The SMILES string of the molecule is CN(CC(=O)Nc1ccccc1Cl)C(=O)CN1C(=O)N(C)C2(CCCCC2)C1=O. The van der Waals surface area contributed by atoms with Gasteiger partial charge in [0.05, 0.1) is 17.3 Å². The van der Waals surface area contributed by atoms with E-state index in [2.05, 4.69) is 5.32 Å². The zero-order valence-electron chi connectivity index (χ0n) is 16.6. The van der Waals surface area contributed by atoms with Crippen LogP contribution in [0.4, 0.5) is 10.5 Å². The number of likely N-dealkylation sites (N-methyl/N-ethyl adjacent to an activating group) is 2. The third-order valence-electron chi connectivity index (χ3n) is 5.73. The van der Waals surface area contributed by atoms with Crippen LogP contribution in [0.15, 0.2) is 24.3 Å². The Morgan fingerprint density at radius 1 is 1.17 bits per heavy atom. The third-order valence-corrected chi connectivity index (χ3v) is 6.06. The third kappa shape index (κ3) is 4.07. The molecule has 0 atom stereocenters. The second-order valence-corrected chi connectivity index (χ2v) is 8.01. The maximum atomic E-state index is 13.0.